The number of ether oxygens (including phenoxy) is 1. The lowest BCUT2D eigenvalue weighted by atomic mass is 10.0. The summed E-state index contributed by atoms with van der Waals surface area (Å²) >= 11 is 0. The number of benzene rings is 1. The molecule has 0 saturated carbocycles. The molecule has 18 heavy (non-hydrogen) atoms. The summed E-state index contributed by atoms with van der Waals surface area (Å²) in [6.45, 7) is 2.47. The number of hydrogen-bond acceptors (Lipinski definition) is 3. The second kappa shape index (κ2) is 5.08. The maximum Gasteiger partial charge on any atom is 0.408 e. The van der Waals surface area contributed by atoms with Crippen molar-refractivity contribution in [2.24, 2.45) is 0 Å². The lowest BCUT2D eigenvalue weighted by Crippen LogP contribution is -2.51. The Labute approximate surface area is 106 Å². The van der Waals surface area contributed by atoms with E-state index in [1.54, 1.807) is 6.92 Å². The summed E-state index contributed by atoms with van der Waals surface area (Å²) in [5.74, 6) is -0.167. The molecule has 5 nitrogen and oxygen atoms in total. The Balaban J connectivity index is 1.84. The van der Waals surface area contributed by atoms with Crippen molar-refractivity contribution in [1.29, 1.82) is 0 Å². The molecule has 2 N–H and O–H groups in total. The Morgan fingerprint density at radius 1 is 1.44 bits per heavy atom. The topological polar surface area (TPSA) is 67.4 Å². The van der Waals surface area contributed by atoms with Crippen LogP contribution < -0.4 is 10.6 Å². The molecule has 1 aliphatic heterocycles. The highest BCUT2D eigenvalue weighted by atomic mass is 16.5. The normalized spacial score (nSPS) is 22.4. The first-order valence-corrected chi connectivity index (χ1v) is 5.87. The largest absolute Gasteiger partial charge is 0.445 e. The van der Waals surface area contributed by atoms with Crippen LogP contribution >= 0.6 is 0 Å². The summed E-state index contributed by atoms with van der Waals surface area (Å²) in [4.78, 5) is 23.1. The quantitative estimate of drug-likeness (QED) is 0.844. The van der Waals surface area contributed by atoms with Gasteiger partial charge >= 0.3 is 6.09 Å². The van der Waals surface area contributed by atoms with Gasteiger partial charge in [0, 0.05) is 6.54 Å². The molecule has 1 aliphatic rings. The van der Waals surface area contributed by atoms with Gasteiger partial charge in [0.1, 0.15) is 12.1 Å². The van der Waals surface area contributed by atoms with Crippen LogP contribution in [0.1, 0.15) is 18.9 Å². The molecule has 1 heterocycles. The third-order valence-electron chi connectivity index (χ3n) is 3.00. The fourth-order valence-electron chi connectivity index (χ4n) is 1.84. The Bertz CT molecular complexity index is 447. The lowest BCUT2D eigenvalue weighted by Gasteiger charge is -2.21. The molecule has 5 heteroatoms. The van der Waals surface area contributed by atoms with E-state index in [9.17, 15) is 9.59 Å². The third-order valence-corrected chi connectivity index (χ3v) is 3.00. The second-order valence-corrected chi connectivity index (χ2v) is 4.52. The van der Waals surface area contributed by atoms with E-state index in [4.69, 9.17) is 4.74 Å². The van der Waals surface area contributed by atoms with Gasteiger partial charge in [0.25, 0.3) is 0 Å². The van der Waals surface area contributed by atoms with Crippen LogP contribution in [0.25, 0.3) is 0 Å². The van der Waals surface area contributed by atoms with Crippen molar-refractivity contribution < 1.29 is 14.3 Å². The van der Waals surface area contributed by atoms with Gasteiger partial charge in [-0.1, -0.05) is 30.3 Å². The summed E-state index contributed by atoms with van der Waals surface area (Å²) in [7, 11) is 0. The molecule has 2 amide bonds. The molecule has 0 aliphatic carbocycles. The van der Waals surface area contributed by atoms with Crippen molar-refractivity contribution in [2.75, 3.05) is 6.54 Å². The standard InChI is InChI=1S/C13H16N2O3/c1-13(7-8-14-11(13)16)15-12(17)18-9-10-5-3-2-4-6-10/h2-6H,7-9H2,1H3,(H,14,16)(H,15,17). The molecule has 0 spiro atoms. The van der Waals surface area contributed by atoms with Crippen LogP contribution in [0.5, 0.6) is 0 Å². The highest BCUT2D eigenvalue weighted by molar-refractivity contribution is 5.91. The third kappa shape index (κ3) is 2.80. The number of carbonyl (C=O) groups excluding carboxylic acids is 2. The van der Waals surface area contributed by atoms with E-state index in [2.05, 4.69) is 10.6 Å². The van der Waals surface area contributed by atoms with E-state index >= 15 is 0 Å². The smallest absolute Gasteiger partial charge is 0.408 e. The summed E-state index contributed by atoms with van der Waals surface area (Å²) in [5.41, 5.74) is 0.0574. The van der Waals surface area contributed by atoms with E-state index in [1.807, 2.05) is 30.3 Å². The molecule has 0 bridgehead atoms. The first-order valence-electron chi connectivity index (χ1n) is 5.87. The molecule has 1 aromatic rings. The monoisotopic (exact) mass is 248 g/mol. The predicted octanol–water partition coefficient (Wildman–Crippen LogP) is 1.19. The Morgan fingerprint density at radius 2 is 2.17 bits per heavy atom. The van der Waals surface area contributed by atoms with Gasteiger partial charge in [0.15, 0.2) is 0 Å². The zero-order valence-electron chi connectivity index (χ0n) is 10.2. The SMILES string of the molecule is CC1(NC(=O)OCc2ccccc2)CCNC1=O. The molecule has 96 valence electrons. The highest BCUT2D eigenvalue weighted by Gasteiger charge is 2.39. The van der Waals surface area contributed by atoms with Crippen LogP contribution in [0.15, 0.2) is 30.3 Å². The van der Waals surface area contributed by atoms with Crippen molar-refractivity contribution in [1.82, 2.24) is 10.6 Å². The lowest BCUT2D eigenvalue weighted by molar-refractivity contribution is -0.124. The molecule has 0 aromatic heterocycles. The molecular formula is C13H16N2O3. The Morgan fingerprint density at radius 3 is 2.78 bits per heavy atom. The van der Waals surface area contributed by atoms with E-state index in [0.717, 1.165) is 5.56 Å². The van der Waals surface area contributed by atoms with Crippen molar-refractivity contribution in [3.63, 3.8) is 0 Å². The number of hydrogen-bond donors (Lipinski definition) is 2. The predicted molar refractivity (Wildman–Crippen MR) is 65.8 cm³/mol. The molecule has 0 radical (unpaired) electrons. The average molecular weight is 248 g/mol. The van der Waals surface area contributed by atoms with Gasteiger partial charge in [-0.25, -0.2) is 4.79 Å². The number of nitrogens with one attached hydrogen (secondary N) is 2. The fourth-order valence-corrected chi connectivity index (χ4v) is 1.84. The first-order chi connectivity index (χ1) is 8.60. The van der Waals surface area contributed by atoms with Crippen molar-refractivity contribution in [3.05, 3.63) is 35.9 Å². The minimum atomic E-state index is -0.853. The summed E-state index contributed by atoms with van der Waals surface area (Å²) in [5, 5.41) is 5.28. The summed E-state index contributed by atoms with van der Waals surface area (Å²) in [6, 6.07) is 9.40. The molecule has 1 unspecified atom stereocenters. The van der Waals surface area contributed by atoms with Crippen molar-refractivity contribution in [3.8, 4) is 0 Å². The maximum atomic E-state index is 11.6. The van der Waals surface area contributed by atoms with E-state index in [-0.39, 0.29) is 12.5 Å². The Hall–Kier alpha value is -2.04. The Kier molecular flexibility index (Phi) is 3.50. The first kappa shape index (κ1) is 12.4. The van der Waals surface area contributed by atoms with Gasteiger partial charge in [0.2, 0.25) is 5.91 Å². The van der Waals surface area contributed by atoms with Crippen molar-refractivity contribution >= 4 is 12.0 Å². The molecular weight excluding hydrogens is 232 g/mol. The molecule has 1 fully saturated rings. The number of amides is 2. The van der Waals surface area contributed by atoms with Gasteiger partial charge in [-0.3, -0.25) is 4.79 Å². The van der Waals surface area contributed by atoms with Gasteiger partial charge in [-0.2, -0.15) is 0 Å². The highest BCUT2D eigenvalue weighted by Crippen LogP contribution is 2.15. The van der Waals surface area contributed by atoms with Gasteiger partial charge in [-0.05, 0) is 18.9 Å². The molecule has 1 saturated heterocycles. The fraction of sp³-hybridized carbons (Fsp3) is 0.385. The van der Waals surface area contributed by atoms with Crippen LogP contribution in [0.3, 0.4) is 0 Å². The van der Waals surface area contributed by atoms with E-state index in [0.29, 0.717) is 13.0 Å². The van der Waals surface area contributed by atoms with Gasteiger partial charge < -0.3 is 15.4 Å². The van der Waals surface area contributed by atoms with Crippen LogP contribution in [-0.2, 0) is 16.1 Å². The number of carbonyl (C=O) groups is 2. The van der Waals surface area contributed by atoms with Gasteiger partial charge in [0.05, 0.1) is 0 Å². The zero-order chi connectivity index (χ0) is 13.0. The minimum absolute atomic E-state index is 0.167. The summed E-state index contributed by atoms with van der Waals surface area (Å²) in [6.07, 6.45) is 0.00474. The van der Waals surface area contributed by atoms with Crippen LogP contribution in [-0.4, -0.2) is 24.1 Å². The molecule has 2 rings (SSSR count). The van der Waals surface area contributed by atoms with Gasteiger partial charge in [-0.15, -0.1) is 0 Å². The average Bonchev–Trinajstić information content (AvgIpc) is 2.68. The van der Waals surface area contributed by atoms with Crippen LogP contribution in [0.2, 0.25) is 0 Å². The number of rotatable bonds is 3. The van der Waals surface area contributed by atoms with Crippen LogP contribution in [0.4, 0.5) is 4.79 Å². The molecule has 1 aromatic carbocycles. The zero-order valence-corrected chi connectivity index (χ0v) is 10.2. The maximum absolute atomic E-state index is 11.6. The van der Waals surface area contributed by atoms with E-state index in [1.165, 1.54) is 0 Å². The molecule has 1 atom stereocenters. The summed E-state index contributed by atoms with van der Waals surface area (Å²) < 4.78 is 5.07. The second-order valence-electron chi connectivity index (χ2n) is 4.52. The number of alkyl carbamates (subject to hydrolysis) is 1. The van der Waals surface area contributed by atoms with Crippen LogP contribution in [0, 0.1) is 0 Å². The van der Waals surface area contributed by atoms with E-state index < -0.39 is 11.6 Å². The minimum Gasteiger partial charge on any atom is -0.445 e. The van der Waals surface area contributed by atoms with Crippen molar-refractivity contribution in [2.45, 2.75) is 25.5 Å².